The molecule has 0 saturated heterocycles. The molecule has 5 heteroatoms. The number of fused-ring (bicyclic) bond motifs is 6. The van der Waals surface area contributed by atoms with Crippen molar-refractivity contribution in [2.45, 2.75) is 37.7 Å². The second kappa shape index (κ2) is 5.92. The van der Waals surface area contributed by atoms with E-state index in [9.17, 15) is 14.7 Å². The molecule has 0 aliphatic heterocycles. The SMILES string of the molecule is COC(=O)[C@@H]1[C@@H](O)CC[C@]2(C)c3cc4c(cc3C(=O)C[C@@H]12)[nH]c1ccccc14. The number of hydrogen-bond acceptors (Lipinski definition) is 4. The second-order valence-corrected chi connectivity index (χ2v) is 8.42. The van der Waals surface area contributed by atoms with Gasteiger partial charge in [-0.05, 0) is 47.9 Å². The Morgan fingerprint density at radius 2 is 2.00 bits per heavy atom. The molecule has 2 aliphatic carbocycles. The molecule has 2 aliphatic rings. The quantitative estimate of drug-likeness (QED) is 0.634. The number of rotatable bonds is 1. The summed E-state index contributed by atoms with van der Waals surface area (Å²) >= 11 is 0. The van der Waals surface area contributed by atoms with Crippen molar-refractivity contribution in [3.8, 4) is 0 Å². The summed E-state index contributed by atoms with van der Waals surface area (Å²) in [5, 5.41) is 12.7. The first-order valence-electron chi connectivity index (χ1n) is 9.78. The predicted octanol–water partition coefficient (Wildman–Crippen LogP) is 3.73. The Hall–Kier alpha value is -2.66. The first-order valence-corrected chi connectivity index (χ1v) is 9.78. The average molecular weight is 377 g/mol. The molecule has 4 atom stereocenters. The number of H-pyrrole nitrogens is 1. The minimum Gasteiger partial charge on any atom is -0.469 e. The minimum absolute atomic E-state index is 0.0287. The Kier molecular flexibility index (Phi) is 3.68. The molecule has 28 heavy (non-hydrogen) atoms. The monoisotopic (exact) mass is 377 g/mol. The number of esters is 1. The number of aliphatic hydroxyl groups excluding tert-OH is 1. The fraction of sp³-hybridized carbons (Fsp3) is 0.391. The van der Waals surface area contributed by atoms with Crippen molar-refractivity contribution in [1.29, 1.82) is 0 Å². The van der Waals surface area contributed by atoms with E-state index < -0.39 is 18.0 Å². The summed E-state index contributed by atoms with van der Waals surface area (Å²) in [6.07, 6.45) is 0.746. The van der Waals surface area contributed by atoms with Gasteiger partial charge in [0.05, 0.1) is 19.1 Å². The number of methoxy groups -OCH3 is 1. The van der Waals surface area contributed by atoms with Crippen molar-refractivity contribution in [2.24, 2.45) is 11.8 Å². The van der Waals surface area contributed by atoms with Gasteiger partial charge in [0.2, 0.25) is 0 Å². The molecule has 5 rings (SSSR count). The maximum atomic E-state index is 13.1. The van der Waals surface area contributed by atoms with Gasteiger partial charge in [0.1, 0.15) is 0 Å². The fourth-order valence-corrected chi connectivity index (χ4v) is 5.53. The molecule has 1 saturated carbocycles. The molecule has 1 heterocycles. The van der Waals surface area contributed by atoms with Crippen LogP contribution in [0, 0.1) is 11.8 Å². The number of benzene rings is 2. The highest BCUT2D eigenvalue weighted by Crippen LogP contribution is 2.53. The fourth-order valence-electron chi connectivity index (χ4n) is 5.53. The lowest BCUT2D eigenvalue weighted by molar-refractivity contribution is -0.157. The third kappa shape index (κ3) is 2.23. The third-order valence-electron chi connectivity index (χ3n) is 7.06. The lowest BCUT2D eigenvalue weighted by Crippen LogP contribution is -2.53. The van der Waals surface area contributed by atoms with Crippen LogP contribution in [0.4, 0.5) is 0 Å². The number of Topliss-reactive ketones (excluding diaryl/α,β-unsaturated/α-hetero) is 1. The topological polar surface area (TPSA) is 79.4 Å². The van der Waals surface area contributed by atoms with Gasteiger partial charge in [-0.1, -0.05) is 25.1 Å². The van der Waals surface area contributed by atoms with Crippen LogP contribution in [-0.4, -0.2) is 35.1 Å². The van der Waals surface area contributed by atoms with Crippen LogP contribution < -0.4 is 0 Å². The lowest BCUT2D eigenvalue weighted by atomic mass is 9.54. The first-order chi connectivity index (χ1) is 13.4. The van der Waals surface area contributed by atoms with Gasteiger partial charge >= 0.3 is 5.97 Å². The molecule has 0 amide bonds. The summed E-state index contributed by atoms with van der Waals surface area (Å²) in [4.78, 5) is 28.9. The van der Waals surface area contributed by atoms with Gasteiger partial charge in [-0.3, -0.25) is 9.59 Å². The Morgan fingerprint density at radius 3 is 2.79 bits per heavy atom. The van der Waals surface area contributed by atoms with Crippen molar-refractivity contribution < 1.29 is 19.4 Å². The van der Waals surface area contributed by atoms with Crippen molar-refractivity contribution in [2.75, 3.05) is 7.11 Å². The summed E-state index contributed by atoms with van der Waals surface area (Å²) < 4.78 is 4.98. The minimum atomic E-state index is -0.767. The van der Waals surface area contributed by atoms with E-state index in [2.05, 4.69) is 24.0 Å². The summed E-state index contributed by atoms with van der Waals surface area (Å²) in [7, 11) is 1.34. The normalized spacial score (nSPS) is 29.5. The van der Waals surface area contributed by atoms with E-state index in [1.54, 1.807) is 0 Å². The summed E-state index contributed by atoms with van der Waals surface area (Å²) in [5.74, 6) is -1.32. The molecule has 0 unspecified atom stereocenters. The average Bonchev–Trinajstić information content (AvgIpc) is 3.06. The summed E-state index contributed by atoms with van der Waals surface area (Å²) in [6, 6.07) is 12.2. The van der Waals surface area contributed by atoms with E-state index in [-0.39, 0.29) is 23.5 Å². The molecule has 2 aromatic carbocycles. The van der Waals surface area contributed by atoms with Gasteiger partial charge in [0.25, 0.3) is 0 Å². The Morgan fingerprint density at radius 1 is 1.21 bits per heavy atom. The molecule has 2 N–H and O–H groups in total. The summed E-state index contributed by atoms with van der Waals surface area (Å²) in [5.41, 5.74) is 3.37. The zero-order valence-electron chi connectivity index (χ0n) is 16.0. The first kappa shape index (κ1) is 17.4. The van der Waals surface area contributed by atoms with Gasteiger partial charge < -0.3 is 14.8 Å². The molecule has 0 radical (unpaired) electrons. The zero-order valence-corrected chi connectivity index (χ0v) is 16.0. The van der Waals surface area contributed by atoms with Gasteiger partial charge in [-0.2, -0.15) is 0 Å². The molecule has 1 fully saturated rings. The third-order valence-corrected chi connectivity index (χ3v) is 7.06. The molecule has 0 spiro atoms. The van der Waals surface area contributed by atoms with E-state index in [0.29, 0.717) is 6.42 Å². The molecule has 144 valence electrons. The standard InChI is InChI=1S/C23H23NO4/c1-23-8-7-19(25)21(22(27)28-2)16(23)11-20(26)14-10-18-13(9-15(14)23)12-5-3-4-6-17(12)24-18/h3-6,9-10,16,19,21,24-25H,7-8,11H2,1-2H3/t16-,19-,21-,23+/m0/s1. The highest BCUT2D eigenvalue weighted by Gasteiger charge is 2.54. The van der Waals surface area contributed by atoms with E-state index in [1.807, 2.05) is 24.3 Å². The van der Waals surface area contributed by atoms with Crippen LogP contribution in [-0.2, 0) is 14.9 Å². The largest absolute Gasteiger partial charge is 0.469 e. The van der Waals surface area contributed by atoms with Crippen LogP contribution in [0.25, 0.3) is 21.8 Å². The maximum Gasteiger partial charge on any atom is 0.311 e. The van der Waals surface area contributed by atoms with E-state index >= 15 is 0 Å². The van der Waals surface area contributed by atoms with Crippen LogP contribution in [0.2, 0.25) is 0 Å². The number of para-hydroxylation sites is 1. The molecule has 0 bridgehead atoms. The number of carbonyl (C=O) groups excluding carboxylic acids is 2. The number of aromatic nitrogens is 1. The van der Waals surface area contributed by atoms with Crippen LogP contribution >= 0.6 is 0 Å². The molecule has 5 nitrogen and oxygen atoms in total. The molecule has 1 aromatic heterocycles. The van der Waals surface area contributed by atoms with Crippen molar-refractivity contribution in [3.05, 3.63) is 47.5 Å². The predicted molar refractivity (Wildman–Crippen MR) is 106 cm³/mol. The van der Waals surface area contributed by atoms with Gasteiger partial charge in [-0.15, -0.1) is 0 Å². The van der Waals surface area contributed by atoms with E-state index in [1.165, 1.54) is 7.11 Å². The number of hydrogen-bond donors (Lipinski definition) is 2. The molecular weight excluding hydrogens is 354 g/mol. The number of aromatic amines is 1. The Balaban J connectivity index is 1.75. The number of nitrogens with one attached hydrogen (secondary N) is 1. The van der Waals surface area contributed by atoms with Crippen molar-refractivity contribution >= 4 is 33.6 Å². The smallest absolute Gasteiger partial charge is 0.311 e. The van der Waals surface area contributed by atoms with E-state index in [0.717, 1.165) is 39.4 Å². The van der Waals surface area contributed by atoms with Gasteiger partial charge in [0, 0.05) is 33.8 Å². The highest BCUT2D eigenvalue weighted by molar-refractivity contribution is 6.11. The molecular formula is C23H23NO4. The number of aliphatic hydroxyl groups is 1. The van der Waals surface area contributed by atoms with Crippen molar-refractivity contribution in [1.82, 2.24) is 4.98 Å². The number of carbonyl (C=O) groups is 2. The maximum absolute atomic E-state index is 13.1. The van der Waals surface area contributed by atoms with Crippen LogP contribution in [0.15, 0.2) is 36.4 Å². The van der Waals surface area contributed by atoms with E-state index in [4.69, 9.17) is 4.74 Å². The van der Waals surface area contributed by atoms with Crippen LogP contribution in [0.1, 0.15) is 42.1 Å². The number of ether oxygens (including phenoxy) is 1. The van der Waals surface area contributed by atoms with Gasteiger partial charge in [0.15, 0.2) is 5.78 Å². The van der Waals surface area contributed by atoms with Crippen molar-refractivity contribution in [3.63, 3.8) is 0 Å². The van der Waals surface area contributed by atoms with Crippen LogP contribution in [0.5, 0.6) is 0 Å². The highest BCUT2D eigenvalue weighted by atomic mass is 16.5. The zero-order chi connectivity index (χ0) is 19.6. The summed E-state index contributed by atoms with van der Waals surface area (Å²) in [6.45, 7) is 2.13. The van der Waals surface area contributed by atoms with Gasteiger partial charge in [-0.25, -0.2) is 0 Å². The Bertz CT molecular complexity index is 1130. The lowest BCUT2D eigenvalue weighted by Gasteiger charge is -2.50. The Labute approximate surface area is 162 Å². The van der Waals surface area contributed by atoms with Crippen LogP contribution in [0.3, 0.4) is 0 Å². The number of ketones is 1. The molecule has 3 aromatic rings. The second-order valence-electron chi connectivity index (χ2n) is 8.42.